The average Bonchev–Trinajstić information content (AvgIpc) is 2.87. The van der Waals surface area contributed by atoms with Crippen molar-refractivity contribution >= 4 is 17.2 Å². The molecule has 1 atom stereocenters. The van der Waals surface area contributed by atoms with Gasteiger partial charge in [0.15, 0.2) is 0 Å². The molecule has 3 N–H and O–H groups in total. The van der Waals surface area contributed by atoms with Crippen molar-refractivity contribution in [1.82, 2.24) is 15.2 Å². The zero-order chi connectivity index (χ0) is 15.4. The van der Waals surface area contributed by atoms with Crippen LogP contribution in [-0.4, -0.2) is 47.9 Å². The average molecular weight is 310 g/mol. The van der Waals surface area contributed by atoms with Gasteiger partial charge in [0.2, 0.25) is 0 Å². The van der Waals surface area contributed by atoms with Crippen LogP contribution in [-0.2, 0) is 6.54 Å². The minimum Gasteiger partial charge on any atom is -0.298 e. The van der Waals surface area contributed by atoms with Gasteiger partial charge in [0.1, 0.15) is 0 Å². The number of hydrogen-bond acceptors (Lipinski definition) is 5. The molecule has 1 aliphatic heterocycles. The second-order valence-electron chi connectivity index (χ2n) is 5.73. The molecule has 2 heterocycles. The summed E-state index contributed by atoms with van der Waals surface area (Å²) in [5.74, 6) is 5.00. The van der Waals surface area contributed by atoms with Gasteiger partial charge in [-0.3, -0.25) is 20.0 Å². The van der Waals surface area contributed by atoms with Gasteiger partial charge in [0.05, 0.1) is 4.88 Å². The molecule has 1 aromatic heterocycles. The van der Waals surface area contributed by atoms with Gasteiger partial charge in [-0.1, -0.05) is 6.92 Å². The molecule has 0 radical (unpaired) electrons. The molecule has 1 aliphatic rings. The van der Waals surface area contributed by atoms with E-state index in [1.165, 1.54) is 28.2 Å². The van der Waals surface area contributed by atoms with Crippen molar-refractivity contribution in [2.75, 3.05) is 26.2 Å². The Hall–Kier alpha value is -0.950. The highest BCUT2D eigenvalue weighted by molar-refractivity contribution is 7.14. The first kappa shape index (κ1) is 16.4. The van der Waals surface area contributed by atoms with E-state index in [2.05, 4.69) is 36.0 Å². The van der Waals surface area contributed by atoms with E-state index in [0.29, 0.717) is 10.9 Å². The maximum atomic E-state index is 11.6. The number of nitrogens with two attached hydrogens (primary N) is 1. The van der Waals surface area contributed by atoms with Crippen LogP contribution in [0.1, 0.15) is 40.4 Å². The van der Waals surface area contributed by atoms with Crippen molar-refractivity contribution < 1.29 is 4.79 Å². The maximum Gasteiger partial charge on any atom is 0.275 e. The van der Waals surface area contributed by atoms with Gasteiger partial charge in [-0.15, -0.1) is 11.3 Å². The van der Waals surface area contributed by atoms with E-state index in [4.69, 9.17) is 5.84 Å². The lowest BCUT2D eigenvalue weighted by Crippen LogP contribution is -2.49. The molecule has 0 spiro atoms. The molecule has 1 unspecified atom stereocenters. The second kappa shape index (κ2) is 7.35. The summed E-state index contributed by atoms with van der Waals surface area (Å²) in [5.41, 5.74) is 3.45. The van der Waals surface area contributed by atoms with Crippen LogP contribution in [0.5, 0.6) is 0 Å². The molecular weight excluding hydrogens is 284 g/mol. The molecule has 1 aromatic rings. The number of amides is 1. The first-order valence-electron chi connectivity index (χ1n) is 7.61. The van der Waals surface area contributed by atoms with Crippen molar-refractivity contribution in [2.45, 2.75) is 39.8 Å². The molecule has 0 aliphatic carbocycles. The Morgan fingerprint density at radius 1 is 1.43 bits per heavy atom. The molecule has 118 valence electrons. The van der Waals surface area contributed by atoms with Gasteiger partial charge in [-0.25, -0.2) is 5.84 Å². The Kier molecular flexibility index (Phi) is 5.75. The van der Waals surface area contributed by atoms with E-state index < -0.39 is 0 Å². The molecular formula is C15H26N4OS. The Morgan fingerprint density at radius 3 is 2.67 bits per heavy atom. The highest BCUT2D eigenvalue weighted by Gasteiger charge is 2.21. The lowest BCUT2D eigenvalue weighted by molar-refractivity contribution is 0.0952. The van der Waals surface area contributed by atoms with Crippen LogP contribution < -0.4 is 11.3 Å². The number of hydrazine groups is 1. The fourth-order valence-corrected chi connectivity index (χ4v) is 3.66. The number of nitrogens with zero attached hydrogens (tertiary/aromatic N) is 2. The zero-order valence-corrected chi connectivity index (χ0v) is 14.0. The summed E-state index contributed by atoms with van der Waals surface area (Å²) in [5, 5.41) is 0. The molecule has 0 bridgehead atoms. The third-order valence-electron chi connectivity index (χ3n) is 4.39. The third kappa shape index (κ3) is 4.03. The number of aryl methyl sites for hydroxylation is 1. The number of nitrogens with one attached hydrogen (secondary N) is 1. The number of thiophene rings is 1. The second-order valence-corrected chi connectivity index (χ2v) is 6.99. The first-order valence-corrected chi connectivity index (χ1v) is 8.43. The van der Waals surface area contributed by atoms with E-state index in [0.717, 1.165) is 32.7 Å². The Balaban J connectivity index is 1.92. The smallest absolute Gasteiger partial charge is 0.275 e. The normalized spacial score (nSPS) is 18.7. The number of carbonyl (C=O) groups is 1. The number of piperazine rings is 1. The summed E-state index contributed by atoms with van der Waals surface area (Å²) >= 11 is 1.52. The first-order chi connectivity index (χ1) is 10.0. The minimum atomic E-state index is -0.198. The standard InChI is InChI=1S/C15H26N4OS/c1-4-11(2)19-7-5-18(6-8-19)10-13-9-14(15(20)17-16)21-12(13)3/h9,11H,4-8,10,16H2,1-3H3,(H,17,20). The monoisotopic (exact) mass is 310 g/mol. The molecule has 1 fully saturated rings. The predicted octanol–water partition coefficient (Wildman–Crippen LogP) is 1.58. The van der Waals surface area contributed by atoms with Crippen LogP contribution >= 0.6 is 11.3 Å². The number of carbonyl (C=O) groups excluding carboxylic acids is 1. The molecule has 6 heteroatoms. The van der Waals surface area contributed by atoms with E-state index in [-0.39, 0.29) is 5.91 Å². The van der Waals surface area contributed by atoms with Crippen LogP contribution in [0.2, 0.25) is 0 Å². The highest BCUT2D eigenvalue weighted by atomic mass is 32.1. The Morgan fingerprint density at radius 2 is 2.10 bits per heavy atom. The molecule has 0 aromatic carbocycles. The quantitative estimate of drug-likeness (QED) is 0.492. The topological polar surface area (TPSA) is 61.6 Å². The van der Waals surface area contributed by atoms with Crippen LogP contribution in [0.3, 0.4) is 0 Å². The van der Waals surface area contributed by atoms with Crippen LogP contribution in [0, 0.1) is 6.92 Å². The van der Waals surface area contributed by atoms with E-state index in [9.17, 15) is 4.79 Å². The Bertz CT molecular complexity index is 480. The van der Waals surface area contributed by atoms with E-state index >= 15 is 0 Å². The SMILES string of the molecule is CCC(C)N1CCN(Cc2cc(C(=O)NN)sc2C)CC1. The molecule has 5 nitrogen and oxygen atoms in total. The van der Waals surface area contributed by atoms with E-state index in [1.807, 2.05) is 6.07 Å². The van der Waals surface area contributed by atoms with Crippen molar-refractivity contribution in [3.8, 4) is 0 Å². The lowest BCUT2D eigenvalue weighted by Gasteiger charge is -2.37. The van der Waals surface area contributed by atoms with Crippen LogP contribution in [0.25, 0.3) is 0 Å². The molecule has 1 saturated heterocycles. The maximum absolute atomic E-state index is 11.6. The van der Waals surface area contributed by atoms with Crippen molar-refractivity contribution in [2.24, 2.45) is 5.84 Å². The van der Waals surface area contributed by atoms with Crippen molar-refractivity contribution in [3.05, 3.63) is 21.4 Å². The van der Waals surface area contributed by atoms with Crippen LogP contribution in [0.15, 0.2) is 6.07 Å². The largest absolute Gasteiger partial charge is 0.298 e. The summed E-state index contributed by atoms with van der Waals surface area (Å²) in [6, 6.07) is 2.65. The summed E-state index contributed by atoms with van der Waals surface area (Å²) in [4.78, 5) is 18.5. The number of nitrogen functional groups attached to an aromatic ring is 1. The van der Waals surface area contributed by atoms with Crippen molar-refractivity contribution in [3.63, 3.8) is 0 Å². The molecule has 1 amide bonds. The Labute approximate surface area is 131 Å². The summed E-state index contributed by atoms with van der Waals surface area (Å²) in [7, 11) is 0. The lowest BCUT2D eigenvalue weighted by atomic mass is 10.1. The fourth-order valence-electron chi connectivity index (χ4n) is 2.72. The van der Waals surface area contributed by atoms with Gasteiger partial charge < -0.3 is 0 Å². The van der Waals surface area contributed by atoms with Gasteiger partial charge >= 0.3 is 0 Å². The third-order valence-corrected chi connectivity index (χ3v) is 5.48. The molecule has 2 rings (SSSR count). The zero-order valence-electron chi connectivity index (χ0n) is 13.2. The summed E-state index contributed by atoms with van der Waals surface area (Å²) < 4.78 is 0. The number of rotatable bonds is 5. The van der Waals surface area contributed by atoms with Gasteiger partial charge in [-0.05, 0) is 31.9 Å². The summed E-state index contributed by atoms with van der Waals surface area (Å²) in [6.45, 7) is 12.0. The highest BCUT2D eigenvalue weighted by Crippen LogP contribution is 2.23. The molecule has 0 saturated carbocycles. The van der Waals surface area contributed by atoms with Gasteiger partial charge in [0, 0.05) is 43.6 Å². The van der Waals surface area contributed by atoms with Gasteiger partial charge in [-0.2, -0.15) is 0 Å². The van der Waals surface area contributed by atoms with Crippen molar-refractivity contribution in [1.29, 1.82) is 0 Å². The van der Waals surface area contributed by atoms with Crippen LogP contribution in [0.4, 0.5) is 0 Å². The number of hydrogen-bond donors (Lipinski definition) is 2. The minimum absolute atomic E-state index is 0.198. The fraction of sp³-hybridized carbons (Fsp3) is 0.667. The molecule has 21 heavy (non-hydrogen) atoms. The van der Waals surface area contributed by atoms with E-state index in [1.54, 1.807) is 0 Å². The van der Waals surface area contributed by atoms with Gasteiger partial charge in [0.25, 0.3) is 5.91 Å². The summed E-state index contributed by atoms with van der Waals surface area (Å²) in [6.07, 6.45) is 1.21. The predicted molar refractivity (Wildman–Crippen MR) is 87.3 cm³/mol.